The van der Waals surface area contributed by atoms with Crippen LogP contribution in [0.3, 0.4) is 0 Å². The number of hydrogen-bond donors (Lipinski definition) is 1. The van der Waals surface area contributed by atoms with Crippen LogP contribution in [-0.4, -0.2) is 19.8 Å². The van der Waals surface area contributed by atoms with Crippen molar-refractivity contribution in [2.75, 3.05) is 0 Å². The van der Waals surface area contributed by atoms with Gasteiger partial charge >= 0.3 is 123 Å². The molecule has 0 spiro atoms. The molecule has 108 valence electrons. The molecule has 0 aliphatic carbocycles. The van der Waals surface area contributed by atoms with Gasteiger partial charge in [-0.25, -0.2) is 0 Å². The van der Waals surface area contributed by atoms with Crippen molar-refractivity contribution in [2.24, 2.45) is 0 Å². The first-order chi connectivity index (χ1) is 8.43. The molecule has 0 saturated carbocycles. The molecule has 1 nitrogen and oxygen atoms in total. The van der Waals surface area contributed by atoms with Gasteiger partial charge in [-0.2, -0.15) is 0 Å². The second kappa shape index (κ2) is 5.52. The number of phenolic OH excluding ortho intramolecular Hbond substituents is 1. The van der Waals surface area contributed by atoms with Gasteiger partial charge in [0.1, 0.15) is 0 Å². The molecule has 2 heteroatoms. The molecule has 0 radical (unpaired) electrons. The topological polar surface area (TPSA) is 20.2 Å². The van der Waals surface area contributed by atoms with E-state index in [9.17, 15) is 5.11 Å². The normalized spacial score (nSPS) is 13.1. The zero-order valence-electron chi connectivity index (χ0n) is 13.8. The third-order valence-corrected chi connectivity index (χ3v) is 5.38. The van der Waals surface area contributed by atoms with Crippen molar-refractivity contribution in [1.29, 1.82) is 0 Å². The molecule has 0 atom stereocenters. The molecule has 0 aromatic heterocycles. The van der Waals surface area contributed by atoms with Crippen LogP contribution in [0.2, 0.25) is 11.4 Å². The van der Waals surface area contributed by atoms with Gasteiger partial charge in [0, 0.05) is 0 Å². The summed E-state index contributed by atoms with van der Waals surface area (Å²) in [5.41, 5.74) is 8.31. The van der Waals surface area contributed by atoms with Gasteiger partial charge < -0.3 is 0 Å². The number of benzene rings is 1. The van der Waals surface area contributed by atoms with E-state index in [1.54, 1.807) is 0 Å². The van der Waals surface area contributed by atoms with Crippen molar-refractivity contribution < 1.29 is 5.11 Å². The summed E-state index contributed by atoms with van der Waals surface area (Å²) in [6.07, 6.45) is 0. The summed E-state index contributed by atoms with van der Waals surface area (Å²) in [5, 5.41) is 11.8. The first-order valence-electron chi connectivity index (χ1n) is 6.94. The van der Waals surface area contributed by atoms with Crippen molar-refractivity contribution in [1.82, 2.24) is 0 Å². The minimum atomic E-state index is -0.707. The van der Waals surface area contributed by atoms with Crippen LogP contribution < -0.4 is 0 Å². The van der Waals surface area contributed by atoms with Crippen LogP contribution in [0.25, 0.3) is 0 Å². The summed E-state index contributed by atoms with van der Waals surface area (Å²) in [5.74, 6) is 0.495. The van der Waals surface area contributed by atoms with E-state index in [1.807, 2.05) is 0 Å². The SMILES string of the molecule is C[As](C)Cc1cc(C(C)(C)C)c(O)c(C(C)(C)C)c1. The third-order valence-electron chi connectivity index (χ3n) is 3.28. The number of aromatic hydroxyl groups is 1. The molecule has 0 heterocycles. The number of rotatable bonds is 2. The fraction of sp³-hybridized carbons (Fsp3) is 0.647. The number of phenols is 1. The first kappa shape index (κ1) is 16.6. The van der Waals surface area contributed by atoms with E-state index in [-0.39, 0.29) is 10.8 Å². The van der Waals surface area contributed by atoms with Crippen molar-refractivity contribution in [2.45, 2.75) is 69.0 Å². The fourth-order valence-electron chi connectivity index (χ4n) is 2.29. The van der Waals surface area contributed by atoms with Crippen LogP contribution in [0.15, 0.2) is 12.1 Å². The van der Waals surface area contributed by atoms with Crippen LogP contribution >= 0.6 is 0 Å². The molecule has 1 rings (SSSR count). The van der Waals surface area contributed by atoms with Gasteiger partial charge in [0.25, 0.3) is 0 Å². The second-order valence-electron chi connectivity index (χ2n) is 7.78. The number of hydrogen-bond acceptors (Lipinski definition) is 1. The first-order valence-corrected chi connectivity index (χ1v) is 12.0. The Balaban J connectivity index is 3.48. The Morgan fingerprint density at radius 2 is 1.26 bits per heavy atom. The zero-order chi connectivity index (χ0) is 15.0. The Morgan fingerprint density at radius 3 is 1.53 bits per heavy atom. The van der Waals surface area contributed by atoms with Gasteiger partial charge in [0.15, 0.2) is 0 Å². The van der Waals surface area contributed by atoms with Crippen molar-refractivity contribution in [3.05, 3.63) is 28.8 Å². The van der Waals surface area contributed by atoms with E-state index in [0.717, 1.165) is 11.1 Å². The Kier molecular flexibility index (Phi) is 4.83. The standard InChI is InChI=1S/C17H29AsO/c1-16(2,3)13-9-12(11-18(7)8)10-14(15(13)19)17(4,5)6/h9-10,19H,11H2,1-8H3. The summed E-state index contributed by atoms with van der Waals surface area (Å²) in [4.78, 5) is 0. The van der Waals surface area contributed by atoms with Gasteiger partial charge in [-0.1, -0.05) is 0 Å². The van der Waals surface area contributed by atoms with E-state index >= 15 is 0 Å². The average Bonchev–Trinajstić information content (AvgIpc) is 2.16. The Bertz CT molecular complexity index is 412. The van der Waals surface area contributed by atoms with Crippen LogP contribution in [-0.2, 0) is 16.0 Å². The Labute approximate surface area is 123 Å². The van der Waals surface area contributed by atoms with Gasteiger partial charge in [-0.15, -0.1) is 0 Å². The van der Waals surface area contributed by atoms with Gasteiger partial charge in [-0.3, -0.25) is 0 Å². The fourth-order valence-corrected chi connectivity index (χ4v) is 4.21. The van der Waals surface area contributed by atoms with Crippen LogP contribution in [0, 0.1) is 0 Å². The zero-order valence-corrected chi connectivity index (χ0v) is 15.6. The van der Waals surface area contributed by atoms with Crippen molar-refractivity contribution in [3.8, 4) is 5.75 Å². The quantitative estimate of drug-likeness (QED) is 0.773. The van der Waals surface area contributed by atoms with E-state index in [0.29, 0.717) is 5.75 Å². The summed E-state index contributed by atoms with van der Waals surface area (Å²) in [6.45, 7) is 13.0. The molecule has 0 saturated heterocycles. The predicted molar refractivity (Wildman–Crippen MR) is 86.7 cm³/mol. The minimum absolute atomic E-state index is 0.0145. The summed E-state index contributed by atoms with van der Waals surface area (Å²) in [7, 11) is 0. The molecular weight excluding hydrogens is 295 g/mol. The van der Waals surface area contributed by atoms with Crippen LogP contribution in [0.4, 0.5) is 0 Å². The average molecular weight is 324 g/mol. The van der Waals surface area contributed by atoms with E-state index < -0.39 is 14.7 Å². The van der Waals surface area contributed by atoms with E-state index in [2.05, 4.69) is 65.1 Å². The van der Waals surface area contributed by atoms with Crippen molar-refractivity contribution in [3.63, 3.8) is 0 Å². The monoisotopic (exact) mass is 324 g/mol. The summed E-state index contributed by atoms with van der Waals surface area (Å²) >= 11 is -0.707. The van der Waals surface area contributed by atoms with Gasteiger partial charge in [-0.05, 0) is 0 Å². The molecule has 0 bridgehead atoms. The van der Waals surface area contributed by atoms with E-state index in [4.69, 9.17) is 0 Å². The molecule has 1 N–H and O–H groups in total. The Hall–Kier alpha value is -0.422. The molecular formula is C17H29AsO. The van der Waals surface area contributed by atoms with Gasteiger partial charge in [0.2, 0.25) is 0 Å². The molecule has 0 aliphatic heterocycles. The second-order valence-corrected chi connectivity index (χ2v) is 13.0. The molecule has 1 aromatic rings. The molecule has 0 amide bonds. The van der Waals surface area contributed by atoms with Gasteiger partial charge in [0.05, 0.1) is 0 Å². The molecule has 19 heavy (non-hydrogen) atoms. The van der Waals surface area contributed by atoms with Crippen molar-refractivity contribution >= 4 is 14.7 Å². The molecule has 0 aliphatic rings. The Morgan fingerprint density at radius 1 is 0.895 bits per heavy atom. The summed E-state index contributed by atoms with van der Waals surface area (Å²) in [6, 6.07) is 4.44. The maximum absolute atomic E-state index is 10.6. The van der Waals surface area contributed by atoms with E-state index in [1.165, 1.54) is 10.8 Å². The molecule has 1 aromatic carbocycles. The molecule has 0 unspecified atom stereocenters. The predicted octanol–water partition coefficient (Wildman–Crippen LogP) is 4.82. The summed E-state index contributed by atoms with van der Waals surface area (Å²) < 4.78 is 0. The van der Waals surface area contributed by atoms with Crippen LogP contribution in [0.1, 0.15) is 58.2 Å². The third kappa shape index (κ3) is 4.28. The molecule has 0 fully saturated rings. The maximum atomic E-state index is 10.6. The van der Waals surface area contributed by atoms with Crippen LogP contribution in [0.5, 0.6) is 5.75 Å².